The van der Waals surface area contributed by atoms with E-state index in [1.165, 1.54) is 7.11 Å². The number of hydrogen-bond donors (Lipinski definition) is 1. The number of amides is 1. The van der Waals surface area contributed by atoms with E-state index >= 15 is 0 Å². The molecule has 1 aliphatic rings. The minimum Gasteiger partial charge on any atom is -0.480 e. The maximum absolute atomic E-state index is 11.4. The summed E-state index contributed by atoms with van der Waals surface area (Å²) >= 11 is 0. The number of esters is 1. The van der Waals surface area contributed by atoms with Crippen LogP contribution in [0.1, 0.15) is 13.3 Å². The third-order valence-electron chi connectivity index (χ3n) is 2.70. The zero-order chi connectivity index (χ0) is 14.4. The van der Waals surface area contributed by atoms with Crippen LogP contribution in [0.25, 0.3) is 0 Å². The van der Waals surface area contributed by atoms with Crippen molar-refractivity contribution >= 4 is 18.0 Å². The van der Waals surface area contributed by atoms with Crippen LogP contribution in [-0.2, 0) is 23.8 Å². The van der Waals surface area contributed by atoms with Crippen molar-refractivity contribution in [2.24, 2.45) is 0 Å². The minimum atomic E-state index is -1.13. The van der Waals surface area contributed by atoms with Crippen LogP contribution < -0.4 is 0 Å². The fourth-order valence-electron chi connectivity index (χ4n) is 1.86. The number of aliphatic carboxylic acids is 1. The first-order chi connectivity index (χ1) is 8.99. The Labute approximate surface area is 110 Å². The Balaban J connectivity index is 2.53. The molecule has 8 nitrogen and oxygen atoms in total. The van der Waals surface area contributed by atoms with Crippen LogP contribution in [0, 0.1) is 0 Å². The molecule has 1 N–H and O–H groups in total. The standard InChI is InChI=1S/C11H17NO7/c1-3-18-9(13)6-19-7-4-8(10(14)15)12(5-7)11(16)17-2/h7-8H,3-6H2,1-2H3,(H,14,15)/t7-,8+/m1/s1. The van der Waals surface area contributed by atoms with Gasteiger partial charge >= 0.3 is 18.0 Å². The van der Waals surface area contributed by atoms with Crippen molar-refractivity contribution in [2.45, 2.75) is 25.5 Å². The highest BCUT2D eigenvalue weighted by Gasteiger charge is 2.41. The number of carboxylic acid groups (broad SMARTS) is 1. The molecule has 2 atom stereocenters. The van der Waals surface area contributed by atoms with Crippen LogP contribution in [0.4, 0.5) is 4.79 Å². The van der Waals surface area contributed by atoms with Crippen molar-refractivity contribution in [3.8, 4) is 0 Å². The number of methoxy groups -OCH3 is 1. The lowest BCUT2D eigenvalue weighted by molar-refractivity contribution is -0.150. The Hall–Kier alpha value is -1.83. The summed E-state index contributed by atoms with van der Waals surface area (Å²) in [6, 6.07) is -1.00. The van der Waals surface area contributed by atoms with Gasteiger partial charge in [-0.05, 0) is 6.92 Å². The van der Waals surface area contributed by atoms with E-state index in [9.17, 15) is 14.4 Å². The molecule has 8 heteroatoms. The molecule has 1 aliphatic heterocycles. The summed E-state index contributed by atoms with van der Waals surface area (Å²) in [5.41, 5.74) is 0. The van der Waals surface area contributed by atoms with E-state index < -0.39 is 30.2 Å². The second-order valence-electron chi connectivity index (χ2n) is 3.95. The van der Waals surface area contributed by atoms with Gasteiger partial charge in [0.1, 0.15) is 12.6 Å². The van der Waals surface area contributed by atoms with Crippen molar-refractivity contribution in [3.63, 3.8) is 0 Å². The highest BCUT2D eigenvalue weighted by molar-refractivity contribution is 5.80. The summed E-state index contributed by atoms with van der Waals surface area (Å²) in [5.74, 6) is -1.65. The number of carbonyl (C=O) groups is 3. The molecule has 19 heavy (non-hydrogen) atoms. The van der Waals surface area contributed by atoms with Gasteiger partial charge in [0, 0.05) is 6.42 Å². The number of carboxylic acids is 1. The molecule has 1 amide bonds. The predicted octanol–water partition coefficient (Wildman–Crippen LogP) is -0.140. The molecule has 0 aromatic heterocycles. The van der Waals surface area contributed by atoms with Crippen molar-refractivity contribution in [1.29, 1.82) is 0 Å². The molecule has 1 rings (SSSR count). The third-order valence-corrected chi connectivity index (χ3v) is 2.70. The Kier molecular flexibility index (Phi) is 5.56. The van der Waals surface area contributed by atoms with Crippen molar-refractivity contribution < 1.29 is 33.7 Å². The van der Waals surface area contributed by atoms with E-state index in [2.05, 4.69) is 9.47 Å². The lowest BCUT2D eigenvalue weighted by Gasteiger charge is -2.19. The highest BCUT2D eigenvalue weighted by atomic mass is 16.6. The Morgan fingerprint density at radius 3 is 2.58 bits per heavy atom. The molecule has 1 saturated heterocycles. The Bertz CT molecular complexity index is 357. The first kappa shape index (κ1) is 15.2. The van der Waals surface area contributed by atoms with E-state index in [0.717, 1.165) is 4.90 Å². The van der Waals surface area contributed by atoms with Gasteiger partial charge in [-0.15, -0.1) is 0 Å². The summed E-state index contributed by atoms with van der Waals surface area (Å²) in [6.45, 7) is 1.73. The van der Waals surface area contributed by atoms with Crippen molar-refractivity contribution in [3.05, 3.63) is 0 Å². The lowest BCUT2D eigenvalue weighted by atomic mass is 10.2. The topological polar surface area (TPSA) is 102 Å². The first-order valence-electron chi connectivity index (χ1n) is 5.84. The monoisotopic (exact) mass is 275 g/mol. The number of rotatable bonds is 5. The molecule has 0 aromatic rings. The molecule has 0 radical (unpaired) electrons. The Morgan fingerprint density at radius 1 is 1.37 bits per heavy atom. The molecule has 0 unspecified atom stereocenters. The molecule has 0 aliphatic carbocycles. The molecule has 0 bridgehead atoms. The van der Waals surface area contributed by atoms with Gasteiger partial charge in [0.2, 0.25) is 0 Å². The minimum absolute atomic E-state index is 0.0725. The summed E-state index contributed by atoms with van der Waals surface area (Å²) in [7, 11) is 1.17. The molecule has 0 spiro atoms. The van der Waals surface area contributed by atoms with Crippen LogP contribution in [0.3, 0.4) is 0 Å². The van der Waals surface area contributed by atoms with E-state index in [1.54, 1.807) is 6.92 Å². The SMILES string of the molecule is CCOC(=O)CO[C@@H]1C[C@@H](C(=O)O)N(C(=O)OC)C1. The van der Waals surface area contributed by atoms with Gasteiger partial charge in [-0.1, -0.05) is 0 Å². The molecular formula is C11H17NO7. The van der Waals surface area contributed by atoms with Gasteiger partial charge in [-0.25, -0.2) is 14.4 Å². The smallest absolute Gasteiger partial charge is 0.410 e. The molecule has 108 valence electrons. The fourth-order valence-corrected chi connectivity index (χ4v) is 1.86. The number of hydrogen-bond acceptors (Lipinski definition) is 6. The molecule has 1 fully saturated rings. The fraction of sp³-hybridized carbons (Fsp3) is 0.727. The van der Waals surface area contributed by atoms with Gasteiger partial charge in [0.25, 0.3) is 0 Å². The zero-order valence-corrected chi connectivity index (χ0v) is 10.8. The molecule has 0 aromatic carbocycles. The summed E-state index contributed by atoms with van der Waals surface area (Å²) in [4.78, 5) is 34.6. The second kappa shape index (κ2) is 6.93. The number of ether oxygens (including phenoxy) is 3. The highest BCUT2D eigenvalue weighted by Crippen LogP contribution is 2.21. The summed E-state index contributed by atoms with van der Waals surface area (Å²) < 4.78 is 14.4. The lowest BCUT2D eigenvalue weighted by Crippen LogP contribution is -2.40. The van der Waals surface area contributed by atoms with E-state index in [-0.39, 0.29) is 26.2 Å². The van der Waals surface area contributed by atoms with Crippen LogP contribution in [0.15, 0.2) is 0 Å². The Morgan fingerprint density at radius 2 is 2.05 bits per heavy atom. The quantitative estimate of drug-likeness (QED) is 0.696. The van der Waals surface area contributed by atoms with Crippen LogP contribution in [-0.4, -0.2) is 67.1 Å². The molecule has 1 heterocycles. The largest absolute Gasteiger partial charge is 0.480 e. The van der Waals surface area contributed by atoms with Gasteiger partial charge in [0.05, 0.1) is 26.4 Å². The normalized spacial score (nSPS) is 22.1. The number of carbonyl (C=O) groups excluding carboxylic acids is 2. The van der Waals surface area contributed by atoms with E-state index in [1.807, 2.05) is 0 Å². The van der Waals surface area contributed by atoms with Crippen molar-refractivity contribution in [2.75, 3.05) is 26.9 Å². The molecule has 0 saturated carbocycles. The van der Waals surface area contributed by atoms with E-state index in [0.29, 0.717) is 0 Å². The molecular weight excluding hydrogens is 258 g/mol. The van der Waals surface area contributed by atoms with Crippen molar-refractivity contribution in [1.82, 2.24) is 4.90 Å². The maximum Gasteiger partial charge on any atom is 0.410 e. The predicted molar refractivity (Wildman–Crippen MR) is 61.5 cm³/mol. The van der Waals surface area contributed by atoms with E-state index in [4.69, 9.17) is 9.84 Å². The number of nitrogens with zero attached hydrogens (tertiary/aromatic N) is 1. The second-order valence-corrected chi connectivity index (χ2v) is 3.95. The average Bonchev–Trinajstić information content (AvgIpc) is 2.80. The summed E-state index contributed by atoms with van der Waals surface area (Å²) in [5, 5.41) is 9.01. The number of likely N-dealkylation sites (tertiary alicyclic amines) is 1. The van der Waals surface area contributed by atoms with Gasteiger partial charge in [0.15, 0.2) is 0 Å². The van der Waals surface area contributed by atoms with Gasteiger partial charge < -0.3 is 19.3 Å². The average molecular weight is 275 g/mol. The van der Waals surface area contributed by atoms with Gasteiger partial charge in [-0.3, -0.25) is 4.90 Å². The maximum atomic E-state index is 11.4. The first-order valence-corrected chi connectivity index (χ1v) is 5.84. The van der Waals surface area contributed by atoms with Crippen LogP contribution >= 0.6 is 0 Å². The van der Waals surface area contributed by atoms with Gasteiger partial charge in [-0.2, -0.15) is 0 Å². The van der Waals surface area contributed by atoms with Crippen LogP contribution in [0.5, 0.6) is 0 Å². The van der Waals surface area contributed by atoms with Crippen LogP contribution in [0.2, 0.25) is 0 Å². The summed E-state index contributed by atoms with van der Waals surface area (Å²) in [6.07, 6.45) is -1.14. The zero-order valence-electron chi connectivity index (χ0n) is 10.8. The third kappa shape index (κ3) is 4.09.